The number of nitrogens with zero attached hydrogens (tertiary/aromatic N) is 3. The molecule has 3 heterocycles. The molecule has 0 saturated carbocycles. The molecule has 6 nitrogen and oxygen atoms in total. The van der Waals surface area contributed by atoms with Gasteiger partial charge in [-0.2, -0.15) is 0 Å². The van der Waals surface area contributed by atoms with Crippen molar-refractivity contribution in [3.8, 4) is 0 Å². The normalized spacial score (nSPS) is 33.3. The van der Waals surface area contributed by atoms with Gasteiger partial charge in [0, 0.05) is 58.2 Å². The lowest BCUT2D eigenvalue weighted by Crippen LogP contribution is -2.48. The van der Waals surface area contributed by atoms with Crippen LogP contribution >= 0.6 is 0 Å². The van der Waals surface area contributed by atoms with Crippen molar-refractivity contribution >= 4 is 11.8 Å². The van der Waals surface area contributed by atoms with E-state index in [4.69, 9.17) is 4.74 Å². The third-order valence-corrected chi connectivity index (χ3v) is 5.77. The van der Waals surface area contributed by atoms with Crippen molar-refractivity contribution in [1.29, 1.82) is 0 Å². The topological polar surface area (TPSA) is 53.1 Å². The number of amides is 2. The van der Waals surface area contributed by atoms with Gasteiger partial charge in [-0.1, -0.05) is 13.3 Å². The van der Waals surface area contributed by atoms with Gasteiger partial charge in [0.15, 0.2) is 0 Å². The Morgan fingerprint density at radius 1 is 1.22 bits per heavy atom. The standard InChI is InChI=1S/C17H29N3O3/c1-3-13-11-20(12-15(13)19-6-8-23-9-7-19)17(22)14-4-5-18(2)16(21)10-14/h13-15H,3-12H2,1-2H3. The van der Waals surface area contributed by atoms with Crippen LogP contribution < -0.4 is 0 Å². The van der Waals surface area contributed by atoms with E-state index in [1.807, 2.05) is 11.9 Å². The number of hydrogen-bond acceptors (Lipinski definition) is 4. The van der Waals surface area contributed by atoms with Crippen LogP contribution in [0.25, 0.3) is 0 Å². The van der Waals surface area contributed by atoms with Gasteiger partial charge in [0.2, 0.25) is 11.8 Å². The zero-order valence-electron chi connectivity index (χ0n) is 14.4. The van der Waals surface area contributed by atoms with Crippen molar-refractivity contribution in [2.75, 3.05) is 53.0 Å². The van der Waals surface area contributed by atoms with Gasteiger partial charge >= 0.3 is 0 Å². The molecule has 0 spiro atoms. The molecule has 0 N–H and O–H groups in total. The summed E-state index contributed by atoms with van der Waals surface area (Å²) in [5.74, 6) is 0.727. The number of ether oxygens (including phenoxy) is 1. The van der Waals surface area contributed by atoms with Crippen molar-refractivity contribution in [3.05, 3.63) is 0 Å². The Bertz CT molecular complexity index is 450. The molecule has 0 aliphatic carbocycles. The van der Waals surface area contributed by atoms with Crippen LogP contribution in [0.1, 0.15) is 26.2 Å². The molecule has 3 aliphatic heterocycles. The van der Waals surface area contributed by atoms with Gasteiger partial charge in [0.25, 0.3) is 0 Å². The summed E-state index contributed by atoms with van der Waals surface area (Å²) in [5, 5.41) is 0. The summed E-state index contributed by atoms with van der Waals surface area (Å²) in [6.07, 6.45) is 2.28. The first-order valence-corrected chi connectivity index (χ1v) is 8.94. The highest BCUT2D eigenvalue weighted by atomic mass is 16.5. The Hall–Kier alpha value is -1.14. The second kappa shape index (κ2) is 7.18. The maximum atomic E-state index is 12.9. The van der Waals surface area contributed by atoms with E-state index in [1.54, 1.807) is 4.90 Å². The van der Waals surface area contributed by atoms with Gasteiger partial charge in [0.1, 0.15) is 0 Å². The summed E-state index contributed by atoms with van der Waals surface area (Å²) >= 11 is 0. The van der Waals surface area contributed by atoms with Gasteiger partial charge in [-0.25, -0.2) is 0 Å². The molecule has 0 aromatic carbocycles. The number of hydrogen-bond donors (Lipinski definition) is 0. The van der Waals surface area contributed by atoms with Gasteiger partial charge < -0.3 is 14.5 Å². The van der Waals surface area contributed by atoms with Crippen LogP contribution in [-0.2, 0) is 14.3 Å². The van der Waals surface area contributed by atoms with Crippen molar-refractivity contribution in [2.45, 2.75) is 32.2 Å². The Morgan fingerprint density at radius 2 is 1.96 bits per heavy atom. The predicted octanol–water partition coefficient (Wildman–Crippen LogP) is 0.424. The van der Waals surface area contributed by atoms with Gasteiger partial charge in [-0.3, -0.25) is 14.5 Å². The lowest BCUT2D eigenvalue weighted by molar-refractivity contribution is -0.143. The molecule has 3 rings (SSSR count). The summed E-state index contributed by atoms with van der Waals surface area (Å²) < 4.78 is 5.46. The molecule has 0 aromatic rings. The van der Waals surface area contributed by atoms with E-state index in [0.29, 0.717) is 24.9 Å². The Balaban J connectivity index is 1.62. The van der Waals surface area contributed by atoms with Gasteiger partial charge in [-0.15, -0.1) is 0 Å². The van der Waals surface area contributed by atoms with E-state index in [-0.39, 0.29) is 17.7 Å². The molecule has 2 amide bonds. The van der Waals surface area contributed by atoms with Crippen LogP contribution in [0, 0.1) is 11.8 Å². The molecule has 3 fully saturated rings. The fourth-order valence-electron chi connectivity index (χ4n) is 4.17. The lowest BCUT2D eigenvalue weighted by Gasteiger charge is -2.35. The van der Waals surface area contributed by atoms with E-state index in [9.17, 15) is 9.59 Å². The van der Waals surface area contributed by atoms with Crippen LogP contribution in [0.15, 0.2) is 0 Å². The van der Waals surface area contributed by atoms with Crippen LogP contribution in [0.2, 0.25) is 0 Å². The van der Waals surface area contributed by atoms with E-state index < -0.39 is 0 Å². The molecule has 6 heteroatoms. The van der Waals surface area contributed by atoms with Crippen molar-refractivity contribution < 1.29 is 14.3 Å². The highest BCUT2D eigenvalue weighted by Crippen LogP contribution is 2.29. The van der Waals surface area contributed by atoms with Crippen LogP contribution in [0.3, 0.4) is 0 Å². The van der Waals surface area contributed by atoms with E-state index in [1.165, 1.54) is 0 Å². The Morgan fingerprint density at radius 3 is 2.61 bits per heavy atom. The number of morpholine rings is 1. The Labute approximate surface area is 138 Å². The average molecular weight is 323 g/mol. The minimum absolute atomic E-state index is 0.102. The molecule has 0 radical (unpaired) electrons. The molecule has 130 valence electrons. The summed E-state index contributed by atoms with van der Waals surface area (Å²) in [6.45, 7) is 8.11. The quantitative estimate of drug-likeness (QED) is 0.756. The van der Waals surface area contributed by atoms with E-state index in [2.05, 4.69) is 11.8 Å². The van der Waals surface area contributed by atoms with Crippen LogP contribution in [-0.4, -0.2) is 85.5 Å². The molecular formula is C17H29N3O3. The third kappa shape index (κ3) is 3.53. The number of piperidine rings is 1. The van der Waals surface area contributed by atoms with Crippen molar-refractivity contribution in [3.63, 3.8) is 0 Å². The van der Waals surface area contributed by atoms with Crippen LogP contribution in [0.4, 0.5) is 0 Å². The molecule has 3 saturated heterocycles. The average Bonchev–Trinajstić information content (AvgIpc) is 3.02. The number of likely N-dealkylation sites (tertiary alicyclic amines) is 2. The van der Waals surface area contributed by atoms with Crippen molar-refractivity contribution in [1.82, 2.24) is 14.7 Å². The molecule has 0 bridgehead atoms. The maximum absolute atomic E-state index is 12.9. The first-order valence-electron chi connectivity index (χ1n) is 8.94. The van der Waals surface area contributed by atoms with E-state index in [0.717, 1.165) is 52.2 Å². The summed E-state index contributed by atoms with van der Waals surface area (Å²) in [7, 11) is 1.82. The SMILES string of the molecule is CCC1CN(C(=O)C2CCN(C)C(=O)C2)CC1N1CCOCC1. The third-order valence-electron chi connectivity index (χ3n) is 5.77. The number of carbonyl (C=O) groups excluding carboxylic acids is 2. The summed E-state index contributed by atoms with van der Waals surface area (Å²) in [4.78, 5) is 31.0. The highest BCUT2D eigenvalue weighted by Gasteiger charge is 2.40. The first kappa shape index (κ1) is 16.7. The minimum atomic E-state index is -0.111. The number of carbonyl (C=O) groups is 2. The monoisotopic (exact) mass is 323 g/mol. The summed E-state index contributed by atoms with van der Waals surface area (Å²) in [6, 6.07) is 0.454. The smallest absolute Gasteiger partial charge is 0.226 e. The fraction of sp³-hybridized carbons (Fsp3) is 0.882. The minimum Gasteiger partial charge on any atom is -0.379 e. The van der Waals surface area contributed by atoms with Crippen molar-refractivity contribution in [2.24, 2.45) is 11.8 Å². The van der Waals surface area contributed by atoms with Crippen LogP contribution in [0.5, 0.6) is 0 Å². The van der Waals surface area contributed by atoms with Gasteiger partial charge in [0.05, 0.1) is 13.2 Å². The second-order valence-corrected chi connectivity index (χ2v) is 7.13. The van der Waals surface area contributed by atoms with E-state index >= 15 is 0 Å². The molecule has 3 atom stereocenters. The zero-order valence-corrected chi connectivity index (χ0v) is 14.4. The molecule has 3 unspecified atom stereocenters. The fourth-order valence-corrected chi connectivity index (χ4v) is 4.17. The molecule has 23 heavy (non-hydrogen) atoms. The summed E-state index contributed by atoms with van der Waals surface area (Å²) in [5.41, 5.74) is 0. The second-order valence-electron chi connectivity index (χ2n) is 7.13. The molecular weight excluding hydrogens is 294 g/mol. The van der Waals surface area contributed by atoms with Gasteiger partial charge in [-0.05, 0) is 12.3 Å². The molecule has 3 aliphatic rings. The lowest BCUT2D eigenvalue weighted by atomic mass is 9.95. The molecule has 0 aromatic heterocycles. The largest absolute Gasteiger partial charge is 0.379 e. The highest BCUT2D eigenvalue weighted by molar-refractivity contribution is 5.87. The zero-order chi connectivity index (χ0) is 16.4. The first-order chi connectivity index (χ1) is 11.1. The Kier molecular flexibility index (Phi) is 5.21. The predicted molar refractivity (Wildman–Crippen MR) is 86.9 cm³/mol. The number of rotatable bonds is 3. The maximum Gasteiger partial charge on any atom is 0.226 e.